The molecule has 3 heterocycles. The summed E-state index contributed by atoms with van der Waals surface area (Å²) in [6.07, 6.45) is 5.24. The lowest BCUT2D eigenvalue weighted by molar-refractivity contribution is -0.149. The average molecular weight is 368 g/mol. The molecule has 0 bridgehead atoms. The number of likely N-dealkylation sites (tertiary alicyclic amines) is 1. The van der Waals surface area contributed by atoms with E-state index >= 15 is 0 Å². The summed E-state index contributed by atoms with van der Waals surface area (Å²) < 4.78 is 16.0. The van der Waals surface area contributed by atoms with Gasteiger partial charge in [0.2, 0.25) is 11.8 Å². The first-order chi connectivity index (χ1) is 12.7. The van der Waals surface area contributed by atoms with Gasteiger partial charge in [0, 0.05) is 64.6 Å². The lowest BCUT2D eigenvalue weighted by atomic mass is 9.94. The Balaban J connectivity index is 1.67. The summed E-state index contributed by atoms with van der Waals surface area (Å²) in [4.78, 5) is 29.7. The minimum absolute atomic E-state index is 0.0322. The molecule has 3 fully saturated rings. The van der Waals surface area contributed by atoms with E-state index in [-0.39, 0.29) is 36.4 Å². The van der Waals surface area contributed by atoms with Crippen molar-refractivity contribution >= 4 is 11.8 Å². The third-order valence-corrected chi connectivity index (χ3v) is 5.81. The smallest absolute Gasteiger partial charge is 0.249 e. The third kappa shape index (κ3) is 4.75. The van der Waals surface area contributed by atoms with Crippen LogP contribution in [-0.4, -0.2) is 86.9 Å². The Hall–Kier alpha value is -1.18. The van der Waals surface area contributed by atoms with Crippen molar-refractivity contribution in [2.24, 2.45) is 5.92 Å². The highest BCUT2D eigenvalue weighted by atomic mass is 16.5. The number of ether oxygens (including phenoxy) is 3. The maximum absolute atomic E-state index is 12.9. The second-order valence-electron chi connectivity index (χ2n) is 7.54. The topological polar surface area (TPSA) is 68.3 Å². The van der Waals surface area contributed by atoms with Crippen LogP contribution in [0, 0.1) is 5.92 Å². The quantitative estimate of drug-likeness (QED) is 0.726. The van der Waals surface area contributed by atoms with Gasteiger partial charge in [0.25, 0.3) is 0 Å². The lowest BCUT2D eigenvalue weighted by Gasteiger charge is -2.45. The predicted molar refractivity (Wildman–Crippen MR) is 95.7 cm³/mol. The number of carbonyl (C=O) groups is 2. The molecule has 0 spiro atoms. The van der Waals surface area contributed by atoms with Gasteiger partial charge in [0.05, 0.1) is 0 Å². The molecule has 2 amide bonds. The van der Waals surface area contributed by atoms with Gasteiger partial charge in [-0.3, -0.25) is 9.59 Å². The molecule has 0 aliphatic carbocycles. The Morgan fingerprint density at radius 2 is 1.65 bits per heavy atom. The van der Waals surface area contributed by atoms with E-state index in [4.69, 9.17) is 14.2 Å². The summed E-state index contributed by atoms with van der Waals surface area (Å²) in [7, 11) is 1.56. The van der Waals surface area contributed by atoms with E-state index in [9.17, 15) is 9.59 Å². The second kappa shape index (κ2) is 9.67. The van der Waals surface area contributed by atoms with Crippen LogP contribution in [0.25, 0.3) is 0 Å². The Labute approximate surface area is 155 Å². The Morgan fingerprint density at radius 1 is 1.00 bits per heavy atom. The van der Waals surface area contributed by atoms with Crippen molar-refractivity contribution in [3.05, 3.63) is 0 Å². The van der Waals surface area contributed by atoms with E-state index < -0.39 is 0 Å². The number of hydrogen-bond acceptors (Lipinski definition) is 5. The molecule has 1 atom stereocenters. The highest BCUT2D eigenvalue weighted by Crippen LogP contribution is 2.26. The number of methoxy groups -OCH3 is 1. The zero-order valence-corrected chi connectivity index (χ0v) is 15.9. The maximum atomic E-state index is 12.9. The minimum atomic E-state index is 0.0322. The van der Waals surface area contributed by atoms with Crippen LogP contribution in [0.5, 0.6) is 0 Å². The summed E-state index contributed by atoms with van der Waals surface area (Å²) in [6.45, 7) is 4.28. The molecular weight excluding hydrogens is 336 g/mol. The molecule has 0 N–H and O–H groups in total. The van der Waals surface area contributed by atoms with Gasteiger partial charge in [-0.2, -0.15) is 0 Å². The van der Waals surface area contributed by atoms with E-state index in [1.807, 2.05) is 9.80 Å². The molecule has 148 valence electrons. The van der Waals surface area contributed by atoms with Crippen molar-refractivity contribution in [2.45, 2.75) is 50.6 Å². The molecule has 0 aromatic heterocycles. The Bertz CT molecular complexity index is 475. The number of amides is 2. The minimum Gasteiger partial charge on any atom is -0.381 e. The summed E-state index contributed by atoms with van der Waals surface area (Å²) in [5.74, 6) is 0.350. The van der Waals surface area contributed by atoms with E-state index in [0.29, 0.717) is 33.0 Å². The third-order valence-electron chi connectivity index (χ3n) is 5.81. The summed E-state index contributed by atoms with van der Waals surface area (Å²) in [6, 6.07) is 0.271. The molecule has 0 saturated carbocycles. The molecule has 26 heavy (non-hydrogen) atoms. The van der Waals surface area contributed by atoms with Crippen LogP contribution in [0.4, 0.5) is 0 Å². The number of piperidine rings is 1. The maximum Gasteiger partial charge on any atom is 0.249 e. The fourth-order valence-electron chi connectivity index (χ4n) is 4.45. The summed E-state index contributed by atoms with van der Waals surface area (Å²) in [5.41, 5.74) is 0. The van der Waals surface area contributed by atoms with Crippen LogP contribution < -0.4 is 0 Å². The van der Waals surface area contributed by atoms with Crippen LogP contribution in [0.2, 0.25) is 0 Å². The number of rotatable bonds is 5. The molecule has 7 heteroatoms. The largest absolute Gasteiger partial charge is 0.381 e. The van der Waals surface area contributed by atoms with Crippen LogP contribution in [0.3, 0.4) is 0 Å². The van der Waals surface area contributed by atoms with Gasteiger partial charge in [0.15, 0.2) is 0 Å². The fraction of sp³-hybridized carbons (Fsp3) is 0.895. The highest BCUT2D eigenvalue weighted by Gasteiger charge is 2.37. The van der Waals surface area contributed by atoms with Crippen LogP contribution in [0.15, 0.2) is 0 Å². The summed E-state index contributed by atoms with van der Waals surface area (Å²) >= 11 is 0. The van der Waals surface area contributed by atoms with Crippen LogP contribution >= 0.6 is 0 Å². The lowest BCUT2D eigenvalue weighted by Crippen LogP contribution is -2.57. The zero-order chi connectivity index (χ0) is 18.4. The molecule has 0 aromatic rings. The van der Waals surface area contributed by atoms with Gasteiger partial charge >= 0.3 is 0 Å². The van der Waals surface area contributed by atoms with Crippen molar-refractivity contribution in [2.75, 3.05) is 53.2 Å². The zero-order valence-electron chi connectivity index (χ0n) is 15.9. The van der Waals surface area contributed by atoms with Gasteiger partial charge in [0.1, 0.15) is 6.61 Å². The van der Waals surface area contributed by atoms with E-state index in [1.54, 1.807) is 7.11 Å². The Morgan fingerprint density at radius 3 is 2.31 bits per heavy atom. The van der Waals surface area contributed by atoms with Gasteiger partial charge < -0.3 is 24.0 Å². The highest BCUT2D eigenvalue weighted by molar-refractivity contribution is 5.80. The van der Waals surface area contributed by atoms with Gasteiger partial charge in [-0.1, -0.05) is 0 Å². The standard InChI is InChI=1S/C19H32N2O5/c1-24-14-18(22)21(16-6-11-26-12-7-16)17-3-2-8-20(13-17)19(23)15-4-9-25-10-5-15/h15-17H,2-14H2,1H3. The van der Waals surface area contributed by atoms with E-state index in [1.165, 1.54) is 0 Å². The number of carbonyl (C=O) groups excluding carboxylic acids is 2. The van der Waals surface area contributed by atoms with Gasteiger partial charge in [-0.25, -0.2) is 0 Å². The van der Waals surface area contributed by atoms with Crippen molar-refractivity contribution in [3.63, 3.8) is 0 Å². The molecular formula is C19H32N2O5. The van der Waals surface area contributed by atoms with E-state index in [0.717, 1.165) is 45.1 Å². The van der Waals surface area contributed by atoms with E-state index in [2.05, 4.69) is 0 Å². The van der Waals surface area contributed by atoms with Gasteiger partial charge in [-0.15, -0.1) is 0 Å². The number of hydrogen-bond donors (Lipinski definition) is 0. The second-order valence-corrected chi connectivity index (χ2v) is 7.54. The summed E-state index contributed by atoms with van der Waals surface area (Å²) in [5, 5.41) is 0. The molecule has 3 saturated heterocycles. The first kappa shape index (κ1) is 19.6. The van der Waals surface area contributed by atoms with Crippen LogP contribution in [-0.2, 0) is 23.8 Å². The van der Waals surface area contributed by atoms with Crippen LogP contribution in [0.1, 0.15) is 38.5 Å². The van der Waals surface area contributed by atoms with Gasteiger partial charge in [-0.05, 0) is 38.5 Å². The fourth-order valence-corrected chi connectivity index (χ4v) is 4.45. The average Bonchev–Trinajstić information content (AvgIpc) is 2.69. The molecule has 3 rings (SSSR count). The predicted octanol–water partition coefficient (Wildman–Crippen LogP) is 1.06. The van der Waals surface area contributed by atoms with Crippen molar-refractivity contribution in [3.8, 4) is 0 Å². The SMILES string of the molecule is COCC(=O)N(C1CCOCC1)C1CCCN(C(=O)C2CCOCC2)C1. The molecule has 3 aliphatic rings. The molecule has 7 nitrogen and oxygen atoms in total. The van der Waals surface area contributed by atoms with Crippen molar-refractivity contribution in [1.29, 1.82) is 0 Å². The molecule has 1 unspecified atom stereocenters. The number of nitrogens with zero attached hydrogens (tertiary/aromatic N) is 2. The molecule has 0 radical (unpaired) electrons. The monoisotopic (exact) mass is 368 g/mol. The molecule has 0 aromatic carbocycles. The first-order valence-electron chi connectivity index (χ1n) is 9.95. The normalized spacial score (nSPS) is 25.9. The van der Waals surface area contributed by atoms with Crippen molar-refractivity contribution in [1.82, 2.24) is 9.80 Å². The Kier molecular flexibility index (Phi) is 7.28. The first-order valence-corrected chi connectivity index (χ1v) is 9.95. The molecule has 3 aliphatic heterocycles. The van der Waals surface area contributed by atoms with Crippen molar-refractivity contribution < 1.29 is 23.8 Å².